The van der Waals surface area contributed by atoms with Gasteiger partial charge < -0.3 is 0 Å². The van der Waals surface area contributed by atoms with E-state index in [9.17, 15) is 0 Å². The minimum absolute atomic E-state index is 1.07. The molecule has 3 aromatic rings. The van der Waals surface area contributed by atoms with Gasteiger partial charge in [0.2, 0.25) is 0 Å². The van der Waals surface area contributed by atoms with E-state index < -0.39 is 0 Å². The number of rotatable bonds is 2. The van der Waals surface area contributed by atoms with Gasteiger partial charge in [0.05, 0.1) is 11.4 Å². The summed E-state index contributed by atoms with van der Waals surface area (Å²) in [5.41, 5.74) is 2.14. The fourth-order valence-corrected chi connectivity index (χ4v) is 3.30. The first-order valence-corrected chi connectivity index (χ1v) is 7.66. The Morgan fingerprint density at radius 1 is 0.611 bits per heavy atom. The van der Waals surface area contributed by atoms with Crippen molar-refractivity contribution in [3.05, 3.63) is 66.2 Å². The molecule has 0 aromatic carbocycles. The second kappa shape index (κ2) is 5.40. The highest BCUT2D eigenvalue weighted by atomic mass is 31.0. The van der Waals surface area contributed by atoms with Crippen molar-refractivity contribution in [1.29, 1.82) is 0 Å². The Balaban J connectivity index is 2.05. The molecule has 0 fully saturated rings. The van der Waals surface area contributed by atoms with E-state index in [1.54, 1.807) is 0 Å². The van der Waals surface area contributed by atoms with Crippen LogP contribution in [0.3, 0.4) is 0 Å². The molecule has 0 atom stereocenters. The van der Waals surface area contributed by atoms with Crippen molar-refractivity contribution in [3.63, 3.8) is 0 Å². The first-order chi connectivity index (χ1) is 8.93. The van der Waals surface area contributed by atoms with Gasteiger partial charge in [-0.2, -0.15) is 0 Å². The zero-order valence-electron chi connectivity index (χ0n) is 9.69. The fraction of sp³-hybridized carbons (Fsp3) is 0. The normalized spacial score (nSPS) is 11.1. The molecule has 3 aromatic heterocycles. The lowest BCUT2D eigenvalue weighted by atomic mass is 10.2. The summed E-state index contributed by atoms with van der Waals surface area (Å²) in [7, 11) is 2.43. The van der Waals surface area contributed by atoms with Crippen LogP contribution in [0.2, 0.25) is 0 Å². The van der Waals surface area contributed by atoms with Crippen LogP contribution in [0.1, 0.15) is 0 Å². The van der Waals surface area contributed by atoms with Crippen molar-refractivity contribution in [2.45, 2.75) is 0 Å². The molecule has 0 spiro atoms. The predicted octanol–water partition coefficient (Wildman–Crippen LogP) is 5.58. The van der Waals surface area contributed by atoms with Crippen LogP contribution in [0.5, 0.6) is 0 Å². The Morgan fingerprint density at radius 2 is 1.17 bits per heavy atom. The highest BCUT2D eigenvalue weighted by molar-refractivity contribution is 7.33. The molecule has 0 aliphatic heterocycles. The van der Waals surface area contributed by atoms with Crippen molar-refractivity contribution >= 4 is 16.4 Å². The quantitative estimate of drug-likeness (QED) is 0.591. The van der Waals surface area contributed by atoms with Crippen molar-refractivity contribution in [2.75, 3.05) is 0 Å². The van der Waals surface area contributed by atoms with Gasteiger partial charge in [-0.3, -0.25) is 0 Å². The molecule has 0 radical (unpaired) electrons. The van der Waals surface area contributed by atoms with Gasteiger partial charge in [-0.05, 0) is 35.9 Å². The minimum atomic E-state index is 1.07. The Hall–Kier alpha value is -1.55. The van der Waals surface area contributed by atoms with E-state index >= 15 is 0 Å². The largest absolute Gasteiger partial charge is 0.247 e. The Bertz CT molecular complexity index is 584. The average Bonchev–Trinajstić information content (AvgIpc) is 2.49. The fourth-order valence-electron chi connectivity index (χ4n) is 1.75. The van der Waals surface area contributed by atoms with Crippen LogP contribution >= 0.6 is 16.4 Å². The van der Waals surface area contributed by atoms with Gasteiger partial charge in [-0.25, -0.2) is 4.98 Å². The Morgan fingerprint density at radius 3 is 1.61 bits per heavy atom. The van der Waals surface area contributed by atoms with Crippen molar-refractivity contribution in [2.24, 2.45) is 0 Å². The van der Waals surface area contributed by atoms with Crippen LogP contribution in [0, 0.1) is 0 Å². The van der Waals surface area contributed by atoms with E-state index in [0.29, 0.717) is 0 Å². The molecule has 3 rings (SSSR count). The first kappa shape index (κ1) is 11.5. The summed E-state index contributed by atoms with van der Waals surface area (Å²) in [6, 6.07) is 18.8. The smallest absolute Gasteiger partial charge is 0.0755 e. The molecular weight excluding hydrogens is 256 g/mol. The number of nitrogens with zero attached hydrogens (tertiary/aromatic N) is 1. The molecule has 18 heavy (non-hydrogen) atoms. The van der Waals surface area contributed by atoms with Gasteiger partial charge in [0.15, 0.2) is 0 Å². The van der Waals surface area contributed by atoms with Gasteiger partial charge in [0, 0.05) is 10.6 Å². The summed E-state index contributed by atoms with van der Waals surface area (Å²) >= 11 is 0. The lowest BCUT2D eigenvalue weighted by molar-refractivity contribution is 1.35. The molecule has 0 unspecified atom stereocenters. The van der Waals surface area contributed by atoms with Gasteiger partial charge in [0.1, 0.15) is 0 Å². The maximum atomic E-state index is 4.76. The molecule has 0 N–H and O–H groups in total. The number of aromatic nitrogens is 1. The maximum Gasteiger partial charge on any atom is 0.0755 e. The van der Waals surface area contributed by atoms with Crippen LogP contribution in [-0.4, -0.2) is 4.98 Å². The second-order valence-corrected chi connectivity index (χ2v) is 5.91. The molecule has 0 amide bonds. The lowest BCUT2D eigenvalue weighted by Gasteiger charge is -2.03. The summed E-state index contributed by atoms with van der Waals surface area (Å²) in [4.78, 5) is 4.76. The van der Waals surface area contributed by atoms with Crippen LogP contribution in [0.4, 0.5) is 0 Å². The highest BCUT2D eigenvalue weighted by Crippen LogP contribution is 2.30. The lowest BCUT2D eigenvalue weighted by Crippen LogP contribution is -1.84. The predicted molar refractivity (Wildman–Crippen MR) is 80.1 cm³/mol. The van der Waals surface area contributed by atoms with E-state index in [1.807, 2.05) is 0 Å². The van der Waals surface area contributed by atoms with E-state index in [1.165, 1.54) is 27.0 Å². The summed E-state index contributed by atoms with van der Waals surface area (Å²) in [6.07, 6.45) is 0. The molecule has 3 heterocycles. The number of pyridine rings is 1. The molecule has 86 valence electrons. The van der Waals surface area contributed by atoms with E-state index in [2.05, 4.69) is 66.2 Å². The summed E-state index contributed by atoms with van der Waals surface area (Å²) < 4.78 is 0. The van der Waals surface area contributed by atoms with Gasteiger partial charge in [0.25, 0.3) is 0 Å². The van der Waals surface area contributed by atoms with Crippen molar-refractivity contribution < 1.29 is 0 Å². The van der Waals surface area contributed by atoms with Gasteiger partial charge >= 0.3 is 0 Å². The standard InChI is InChI=1S/C15H11NP2/c1-3-10-17-14(8-1)12-6-5-7-13(16-12)15-9-2-4-11-18-15/h1-11H. The maximum absolute atomic E-state index is 4.76. The third-order valence-electron chi connectivity index (χ3n) is 2.60. The monoisotopic (exact) mass is 267 g/mol. The van der Waals surface area contributed by atoms with Crippen LogP contribution in [0.25, 0.3) is 22.0 Å². The molecule has 1 nitrogen and oxygen atoms in total. The van der Waals surface area contributed by atoms with Crippen LogP contribution in [0.15, 0.2) is 66.2 Å². The van der Waals surface area contributed by atoms with Gasteiger partial charge in [-0.15, -0.1) is 0 Å². The molecular formula is C15H11NP2. The molecule has 0 bridgehead atoms. The third kappa shape index (κ3) is 2.48. The first-order valence-electron chi connectivity index (χ1n) is 5.73. The van der Waals surface area contributed by atoms with E-state index in [-0.39, 0.29) is 0 Å². The highest BCUT2D eigenvalue weighted by Gasteiger charge is 2.02. The van der Waals surface area contributed by atoms with E-state index in [0.717, 1.165) is 11.4 Å². The molecule has 0 aliphatic rings. The van der Waals surface area contributed by atoms with Gasteiger partial charge in [-0.1, -0.05) is 46.7 Å². The van der Waals surface area contributed by atoms with Crippen LogP contribution in [-0.2, 0) is 0 Å². The van der Waals surface area contributed by atoms with E-state index in [4.69, 9.17) is 4.98 Å². The number of hydrogen-bond donors (Lipinski definition) is 0. The number of hydrogen-bond acceptors (Lipinski definition) is 1. The van der Waals surface area contributed by atoms with Crippen molar-refractivity contribution in [1.82, 2.24) is 4.98 Å². The zero-order chi connectivity index (χ0) is 12.2. The average molecular weight is 267 g/mol. The minimum Gasteiger partial charge on any atom is -0.247 e. The Kier molecular flexibility index (Phi) is 3.46. The second-order valence-electron chi connectivity index (χ2n) is 3.84. The SMILES string of the molecule is c1ccc(-c2cccc(-c3ccccp3)n2)pc1. The summed E-state index contributed by atoms with van der Waals surface area (Å²) in [5, 5.41) is 2.51. The molecule has 0 saturated heterocycles. The molecule has 0 aliphatic carbocycles. The Labute approximate surface area is 110 Å². The third-order valence-corrected chi connectivity index (χ3v) is 4.56. The molecule has 0 saturated carbocycles. The van der Waals surface area contributed by atoms with Crippen LogP contribution < -0.4 is 0 Å². The zero-order valence-corrected chi connectivity index (χ0v) is 11.5. The molecule has 3 heteroatoms. The summed E-state index contributed by atoms with van der Waals surface area (Å²) in [6.45, 7) is 0. The van der Waals surface area contributed by atoms with Crippen molar-refractivity contribution in [3.8, 4) is 22.0 Å². The summed E-state index contributed by atoms with van der Waals surface area (Å²) in [5.74, 6) is 4.27. The topological polar surface area (TPSA) is 12.9 Å².